The lowest BCUT2D eigenvalue weighted by atomic mass is 11.1. The first-order valence-corrected chi connectivity index (χ1v) is 3.81. The maximum Gasteiger partial charge on any atom is 0.151 e. The number of nitrogens with one attached hydrogen (secondary N) is 3. The van der Waals surface area contributed by atoms with Gasteiger partial charge in [0, 0.05) is 0 Å². The first kappa shape index (κ1) is 3.45. The van der Waals surface area contributed by atoms with Crippen molar-refractivity contribution in [2.24, 2.45) is 5.10 Å². The molecule has 7 heavy (non-hydrogen) atoms. The summed E-state index contributed by atoms with van der Waals surface area (Å²) in [5.41, 5.74) is 10.1. The van der Waals surface area contributed by atoms with Crippen molar-refractivity contribution in [3.63, 3.8) is 0 Å². The van der Waals surface area contributed by atoms with Crippen molar-refractivity contribution < 1.29 is 0 Å². The Hall–Kier alpha value is -0.553. The van der Waals surface area contributed by atoms with E-state index in [1.807, 2.05) is 0 Å². The molecule has 38 valence electrons. The molecule has 2 aliphatic rings. The number of nitrogens with zero attached hydrogens (tertiary/aromatic N) is 1. The first-order chi connectivity index (χ1) is 3.45. The fourth-order valence-electron chi connectivity index (χ4n) is 0.773. The van der Waals surface area contributed by atoms with E-state index in [1.165, 1.54) is 0 Å². The zero-order chi connectivity index (χ0) is 4.69. The maximum absolute atomic E-state index is 3.96. The minimum absolute atomic E-state index is 0.0802. The van der Waals surface area contributed by atoms with Crippen LogP contribution in [0.15, 0.2) is 5.10 Å². The van der Waals surface area contributed by atoms with E-state index in [1.54, 1.807) is 0 Å². The van der Waals surface area contributed by atoms with Gasteiger partial charge in [-0.15, -0.1) is 0 Å². The number of rotatable bonds is 0. The predicted molar refractivity (Wildman–Crippen MR) is 29.2 cm³/mol. The topological polar surface area (TPSA) is 48.5 Å². The van der Waals surface area contributed by atoms with Crippen LogP contribution >= 0.6 is 0 Å². The molecule has 2 bridgehead atoms. The van der Waals surface area contributed by atoms with Crippen LogP contribution in [0.2, 0.25) is 0 Å². The van der Waals surface area contributed by atoms with Gasteiger partial charge in [0.25, 0.3) is 0 Å². The van der Waals surface area contributed by atoms with E-state index in [0.717, 1.165) is 5.46 Å². The highest BCUT2D eigenvalue weighted by Gasteiger charge is 2.24. The summed E-state index contributed by atoms with van der Waals surface area (Å²) in [6, 6.07) is 0. The summed E-state index contributed by atoms with van der Waals surface area (Å²) < 4.78 is 0. The van der Waals surface area contributed by atoms with Crippen LogP contribution in [0, 0.1) is 0 Å². The third kappa shape index (κ3) is 0.358. The molecule has 0 saturated carbocycles. The average Bonchev–Trinajstić information content (AvgIpc) is 2.22. The van der Waals surface area contributed by atoms with Crippen molar-refractivity contribution in [2.75, 3.05) is 0 Å². The molecule has 1 atom stereocenters. The lowest BCUT2D eigenvalue weighted by Crippen LogP contribution is -2.42. The van der Waals surface area contributed by atoms with E-state index in [-0.39, 0.29) is 9.52 Å². The maximum atomic E-state index is 3.96. The van der Waals surface area contributed by atoms with Gasteiger partial charge in [-0.05, 0) is 0 Å². The van der Waals surface area contributed by atoms with Crippen LogP contribution in [0.5, 0.6) is 0 Å². The molecule has 0 radical (unpaired) electrons. The van der Waals surface area contributed by atoms with Crippen molar-refractivity contribution in [3.8, 4) is 0 Å². The summed E-state index contributed by atoms with van der Waals surface area (Å²) in [5, 5.41) is 3.96. The second-order valence-electron chi connectivity index (χ2n) is 1.71. The number of hydrogen-bond acceptors (Lipinski definition) is 4. The summed E-state index contributed by atoms with van der Waals surface area (Å²) in [4.78, 5) is 0. The molecule has 2 heterocycles. The highest BCUT2D eigenvalue weighted by Crippen LogP contribution is 1.90. The largest absolute Gasteiger partial charge is 0.311 e. The summed E-state index contributed by atoms with van der Waals surface area (Å²) >= 11 is 0. The van der Waals surface area contributed by atoms with E-state index >= 15 is 0 Å². The zero-order valence-corrected chi connectivity index (χ0v) is 5.15. The predicted octanol–water partition coefficient (Wildman–Crippen LogP) is -2.58. The third-order valence-electron chi connectivity index (χ3n) is 1.14. The molecule has 4 nitrogen and oxygen atoms in total. The lowest BCUT2D eigenvalue weighted by molar-refractivity contribution is 0.523. The third-order valence-corrected chi connectivity index (χ3v) is 2.66. The summed E-state index contributed by atoms with van der Waals surface area (Å²) in [6.07, 6.45) is 0. The van der Waals surface area contributed by atoms with Crippen LogP contribution in [0.4, 0.5) is 0 Å². The molecule has 1 unspecified atom stereocenters. The molecule has 0 amide bonds. The van der Waals surface area contributed by atoms with Crippen molar-refractivity contribution in [2.45, 2.75) is 5.79 Å². The Kier molecular flexibility index (Phi) is 0.486. The van der Waals surface area contributed by atoms with Gasteiger partial charge in [-0.3, -0.25) is 5.43 Å². The van der Waals surface area contributed by atoms with E-state index in [0.29, 0.717) is 5.79 Å². The van der Waals surface area contributed by atoms with Crippen LogP contribution in [0.3, 0.4) is 0 Å². The first-order valence-electron chi connectivity index (χ1n) is 2.29. The zero-order valence-electron chi connectivity index (χ0n) is 3.73. The molecule has 2 aliphatic heterocycles. The second kappa shape index (κ2) is 0.987. The van der Waals surface area contributed by atoms with Crippen LogP contribution in [-0.4, -0.2) is 20.8 Å². The van der Waals surface area contributed by atoms with Crippen LogP contribution in [0.25, 0.3) is 0 Å². The van der Waals surface area contributed by atoms with E-state index < -0.39 is 0 Å². The van der Waals surface area contributed by atoms with Gasteiger partial charge in [0.1, 0.15) is 11.2 Å². The number of amidine groups is 1. The Bertz CT molecular complexity index is 121. The Labute approximate surface area is 43.2 Å². The fourth-order valence-corrected chi connectivity index (χ4v) is 1.93. The van der Waals surface area contributed by atoms with Gasteiger partial charge >= 0.3 is 0 Å². The molecular weight excluding hydrogens is 108 g/mol. The Morgan fingerprint density at radius 2 is 2.71 bits per heavy atom. The minimum Gasteiger partial charge on any atom is -0.311 e. The van der Waals surface area contributed by atoms with Crippen LogP contribution in [0.1, 0.15) is 0 Å². The van der Waals surface area contributed by atoms with Crippen LogP contribution < -0.4 is 16.3 Å². The van der Waals surface area contributed by atoms with Gasteiger partial charge in [0.2, 0.25) is 0 Å². The fraction of sp³-hybridized carbons (Fsp3) is 0.500. The monoisotopic (exact) mass is 114 g/mol. The molecule has 0 spiro atoms. The quantitative estimate of drug-likeness (QED) is 0.303. The van der Waals surface area contributed by atoms with E-state index in [2.05, 4.69) is 21.4 Å². The number of fused-ring (bicyclic) bond motifs is 2. The summed E-state index contributed by atoms with van der Waals surface area (Å²) in [5.74, 6) is 0.495. The number of hydrazine groups is 1. The minimum atomic E-state index is -0.0802. The normalized spacial score (nSPS) is 37.7. The molecule has 1 fully saturated rings. The van der Waals surface area contributed by atoms with Crippen LogP contribution in [-0.2, 0) is 0 Å². The molecule has 3 N–H and O–H groups in total. The van der Waals surface area contributed by atoms with Crippen molar-refractivity contribution in [1.82, 2.24) is 16.3 Å². The SMILES string of the molecule is N1=C2NNC(N1)[SiH2]2. The summed E-state index contributed by atoms with van der Waals surface area (Å²) in [6.45, 7) is 0. The number of hydrazone groups is 1. The van der Waals surface area contributed by atoms with E-state index in [4.69, 9.17) is 0 Å². The lowest BCUT2D eigenvalue weighted by Gasteiger charge is -2.07. The van der Waals surface area contributed by atoms with Gasteiger partial charge in [0.05, 0.1) is 0 Å². The van der Waals surface area contributed by atoms with Gasteiger partial charge in [-0.2, -0.15) is 5.10 Å². The Balaban J connectivity index is 2.30. The van der Waals surface area contributed by atoms with Crippen molar-refractivity contribution >= 4 is 15.0 Å². The van der Waals surface area contributed by atoms with Crippen molar-refractivity contribution in [1.29, 1.82) is 0 Å². The van der Waals surface area contributed by atoms with Gasteiger partial charge in [-0.1, -0.05) is 0 Å². The average molecular weight is 114 g/mol. The highest BCUT2D eigenvalue weighted by atomic mass is 28.2. The molecule has 0 aliphatic carbocycles. The molecule has 1 saturated heterocycles. The Morgan fingerprint density at radius 3 is 2.86 bits per heavy atom. The standard InChI is InChI=1S/C2H6N4Si/c3-1-4-6-2(5-3)7-1/h1,3-4H,7H2,(H,5,6). The van der Waals surface area contributed by atoms with E-state index in [9.17, 15) is 0 Å². The number of hydrogen-bond donors (Lipinski definition) is 3. The smallest absolute Gasteiger partial charge is 0.151 e. The molecule has 0 aromatic carbocycles. The molecule has 5 heteroatoms. The second-order valence-corrected chi connectivity index (χ2v) is 3.61. The molecule has 0 aromatic heterocycles. The van der Waals surface area contributed by atoms with Gasteiger partial charge in [-0.25, -0.2) is 5.43 Å². The Morgan fingerprint density at radius 1 is 1.71 bits per heavy atom. The summed E-state index contributed by atoms with van der Waals surface area (Å²) in [7, 11) is -0.0802. The van der Waals surface area contributed by atoms with Crippen molar-refractivity contribution in [3.05, 3.63) is 0 Å². The van der Waals surface area contributed by atoms with Gasteiger partial charge in [0.15, 0.2) is 9.52 Å². The molecule has 2 rings (SSSR count). The molecular formula is C2H6N4Si. The molecule has 0 aromatic rings. The highest BCUT2D eigenvalue weighted by molar-refractivity contribution is 6.78. The van der Waals surface area contributed by atoms with Gasteiger partial charge < -0.3 is 5.43 Å².